The van der Waals surface area contributed by atoms with Crippen molar-refractivity contribution in [3.63, 3.8) is 0 Å². The monoisotopic (exact) mass is 455 g/mol. The molecule has 1 aliphatic heterocycles. The summed E-state index contributed by atoms with van der Waals surface area (Å²) < 4.78 is 34.1. The Labute approximate surface area is 183 Å². The summed E-state index contributed by atoms with van der Waals surface area (Å²) in [6, 6.07) is 6.23. The lowest BCUT2D eigenvalue weighted by molar-refractivity contribution is 0.210. The van der Waals surface area contributed by atoms with E-state index in [1.165, 1.54) is 10.6 Å². The van der Waals surface area contributed by atoms with Gasteiger partial charge in [-0.05, 0) is 30.0 Å². The molecule has 2 N–H and O–H groups in total. The van der Waals surface area contributed by atoms with Crippen molar-refractivity contribution in [2.24, 2.45) is 0 Å². The van der Waals surface area contributed by atoms with Gasteiger partial charge < -0.3 is 15.0 Å². The van der Waals surface area contributed by atoms with E-state index < -0.39 is 10.0 Å². The Morgan fingerprint density at radius 3 is 2.77 bits per heavy atom. The molecular weight excluding hydrogens is 434 g/mol. The number of fused-ring (bicyclic) bond motifs is 2. The van der Waals surface area contributed by atoms with E-state index in [9.17, 15) is 8.42 Å². The zero-order valence-electron chi connectivity index (χ0n) is 17.1. The van der Waals surface area contributed by atoms with E-state index in [4.69, 9.17) is 10.5 Å². The van der Waals surface area contributed by atoms with Gasteiger partial charge in [-0.1, -0.05) is 12.6 Å². The van der Waals surface area contributed by atoms with Gasteiger partial charge in [-0.3, -0.25) is 0 Å². The average molecular weight is 456 g/mol. The van der Waals surface area contributed by atoms with Crippen LogP contribution in [0.15, 0.2) is 42.7 Å². The van der Waals surface area contributed by atoms with Crippen LogP contribution in [0, 0.1) is 6.92 Å². The molecule has 0 bridgehead atoms. The van der Waals surface area contributed by atoms with Gasteiger partial charge in [-0.15, -0.1) is 11.3 Å². The van der Waals surface area contributed by atoms with Gasteiger partial charge in [-0.25, -0.2) is 18.4 Å². The molecule has 1 fully saturated rings. The lowest BCUT2D eigenvalue weighted by Crippen LogP contribution is -2.49. The Kier molecular flexibility index (Phi) is 4.54. The van der Waals surface area contributed by atoms with Gasteiger partial charge in [0.15, 0.2) is 0 Å². The van der Waals surface area contributed by atoms with Gasteiger partial charge in [-0.2, -0.15) is 4.31 Å². The summed E-state index contributed by atoms with van der Waals surface area (Å²) in [5.74, 6) is 1.23. The first-order valence-electron chi connectivity index (χ1n) is 9.64. The topological polar surface area (TPSA) is 103 Å². The van der Waals surface area contributed by atoms with Gasteiger partial charge in [0.25, 0.3) is 0 Å². The number of sulfonamides is 1. The predicted molar refractivity (Wildman–Crippen MR) is 124 cm³/mol. The van der Waals surface area contributed by atoms with Crippen molar-refractivity contribution >= 4 is 48.3 Å². The molecule has 0 saturated carbocycles. The van der Waals surface area contributed by atoms with Crippen LogP contribution in [0.2, 0.25) is 0 Å². The van der Waals surface area contributed by atoms with Crippen LogP contribution in [0.4, 0.5) is 5.82 Å². The zero-order valence-corrected chi connectivity index (χ0v) is 18.7. The number of thiophene rings is 1. The fourth-order valence-electron chi connectivity index (χ4n) is 4.03. The Morgan fingerprint density at radius 1 is 1.29 bits per heavy atom. The van der Waals surface area contributed by atoms with Crippen molar-refractivity contribution in [2.45, 2.75) is 13.0 Å². The molecule has 0 spiro atoms. The fourth-order valence-corrected chi connectivity index (χ4v) is 6.15. The first kappa shape index (κ1) is 20.0. The summed E-state index contributed by atoms with van der Waals surface area (Å²) in [5.41, 5.74) is 9.01. The third-order valence-corrected chi connectivity index (χ3v) is 8.28. The molecule has 4 heterocycles. The summed E-state index contributed by atoms with van der Waals surface area (Å²) in [5, 5.41) is 2.85. The standard InChI is InChI=1S/C21H21N5O3S2/c1-4-31(27,28)25-8-14(9-25)26-10-15(18-20(22)23-11-24-21(18)26)17-7-13-5-12(2)6-16(29-3)19(13)30-17/h4-7,10-11,14H,1,8-9H2,2-3H3,(H2,22,23,24). The highest BCUT2D eigenvalue weighted by Gasteiger charge is 2.36. The molecule has 160 valence electrons. The molecule has 5 rings (SSSR count). The van der Waals surface area contributed by atoms with Crippen molar-refractivity contribution in [2.75, 3.05) is 25.9 Å². The number of nitrogen functional groups attached to an aromatic ring is 1. The molecule has 3 aromatic heterocycles. The van der Waals surface area contributed by atoms with E-state index >= 15 is 0 Å². The van der Waals surface area contributed by atoms with Crippen molar-refractivity contribution in [1.82, 2.24) is 18.8 Å². The van der Waals surface area contributed by atoms with Crippen LogP contribution >= 0.6 is 11.3 Å². The summed E-state index contributed by atoms with van der Waals surface area (Å²) in [6.45, 7) is 6.16. The number of nitrogens with zero attached hydrogens (tertiary/aromatic N) is 4. The third-order valence-electron chi connectivity index (χ3n) is 5.64. The van der Waals surface area contributed by atoms with E-state index in [0.717, 1.165) is 42.6 Å². The van der Waals surface area contributed by atoms with Crippen LogP contribution in [-0.2, 0) is 10.0 Å². The van der Waals surface area contributed by atoms with Crippen molar-refractivity contribution in [3.8, 4) is 16.2 Å². The first-order valence-corrected chi connectivity index (χ1v) is 12.0. The maximum atomic E-state index is 12.0. The zero-order chi connectivity index (χ0) is 21.9. The second-order valence-electron chi connectivity index (χ2n) is 7.59. The van der Waals surface area contributed by atoms with Crippen molar-refractivity contribution in [1.29, 1.82) is 0 Å². The van der Waals surface area contributed by atoms with Crippen LogP contribution in [0.1, 0.15) is 11.6 Å². The molecule has 4 aromatic rings. The van der Waals surface area contributed by atoms with Crippen molar-refractivity contribution in [3.05, 3.63) is 48.3 Å². The van der Waals surface area contributed by atoms with Crippen LogP contribution in [0.25, 0.3) is 31.6 Å². The van der Waals surface area contributed by atoms with Gasteiger partial charge in [0, 0.05) is 35.1 Å². The molecule has 0 atom stereocenters. The molecule has 8 nitrogen and oxygen atoms in total. The SMILES string of the molecule is C=CS(=O)(=O)N1CC(n2cc(-c3cc4cc(C)cc(OC)c4s3)c3c(N)ncnc32)C1. The Balaban J connectivity index is 1.64. The van der Waals surface area contributed by atoms with E-state index in [1.54, 1.807) is 18.4 Å². The van der Waals surface area contributed by atoms with E-state index in [1.807, 2.05) is 23.8 Å². The highest BCUT2D eigenvalue weighted by Crippen LogP contribution is 2.44. The number of methoxy groups -OCH3 is 1. The quantitative estimate of drug-likeness (QED) is 0.494. The summed E-state index contributed by atoms with van der Waals surface area (Å²) in [7, 11) is -1.75. The van der Waals surface area contributed by atoms with Crippen LogP contribution in [-0.4, -0.2) is 47.5 Å². The highest BCUT2D eigenvalue weighted by atomic mass is 32.2. The number of benzene rings is 1. The molecule has 1 aliphatic rings. The minimum Gasteiger partial charge on any atom is -0.495 e. The molecule has 0 aliphatic carbocycles. The normalized spacial score (nSPS) is 15.4. The maximum Gasteiger partial charge on any atom is 0.235 e. The minimum absolute atomic E-state index is 0.0357. The van der Waals surface area contributed by atoms with Gasteiger partial charge in [0.2, 0.25) is 10.0 Å². The molecule has 1 saturated heterocycles. The van der Waals surface area contributed by atoms with E-state index in [-0.39, 0.29) is 6.04 Å². The Morgan fingerprint density at radius 2 is 2.06 bits per heavy atom. The molecule has 31 heavy (non-hydrogen) atoms. The van der Waals surface area contributed by atoms with E-state index in [0.29, 0.717) is 24.6 Å². The van der Waals surface area contributed by atoms with Gasteiger partial charge in [0.05, 0.1) is 23.2 Å². The van der Waals surface area contributed by atoms with Crippen molar-refractivity contribution < 1.29 is 13.2 Å². The maximum absolute atomic E-state index is 12.0. The van der Waals surface area contributed by atoms with Crippen LogP contribution < -0.4 is 10.5 Å². The number of hydrogen-bond acceptors (Lipinski definition) is 7. The first-order chi connectivity index (χ1) is 14.8. The number of aryl methyl sites for hydroxylation is 1. The molecule has 0 unspecified atom stereocenters. The third kappa shape index (κ3) is 3.10. The summed E-state index contributed by atoms with van der Waals surface area (Å²) in [6.07, 6.45) is 3.44. The number of ether oxygens (including phenoxy) is 1. The lowest BCUT2D eigenvalue weighted by Gasteiger charge is -2.38. The van der Waals surface area contributed by atoms with E-state index in [2.05, 4.69) is 28.7 Å². The second kappa shape index (κ2) is 7.04. The number of aromatic nitrogens is 3. The number of anilines is 1. The van der Waals surface area contributed by atoms with Gasteiger partial charge in [0.1, 0.15) is 23.5 Å². The number of rotatable bonds is 5. The number of nitrogens with two attached hydrogens (primary N) is 1. The Hall–Kier alpha value is -2.95. The lowest BCUT2D eigenvalue weighted by atomic mass is 10.1. The molecular formula is C21H21N5O3S2. The Bertz CT molecular complexity index is 1450. The average Bonchev–Trinajstić information content (AvgIpc) is 3.28. The summed E-state index contributed by atoms with van der Waals surface area (Å²) in [4.78, 5) is 9.68. The fraction of sp³-hybridized carbons (Fsp3) is 0.238. The van der Waals surface area contributed by atoms with Crippen LogP contribution in [0.3, 0.4) is 0 Å². The molecule has 10 heteroatoms. The second-order valence-corrected chi connectivity index (χ2v) is 10.5. The molecule has 0 amide bonds. The number of hydrogen-bond donors (Lipinski definition) is 1. The highest BCUT2D eigenvalue weighted by molar-refractivity contribution is 7.92. The molecule has 0 radical (unpaired) electrons. The molecule has 1 aromatic carbocycles. The minimum atomic E-state index is -3.42. The van der Waals surface area contributed by atoms with Gasteiger partial charge >= 0.3 is 0 Å². The summed E-state index contributed by atoms with van der Waals surface area (Å²) >= 11 is 1.62. The smallest absolute Gasteiger partial charge is 0.235 e. The predicted octanol–water partition coefficient (Wildman–Crippen LogP) is 3.54. The largest absolute Gasteiger partial charge is 0.495 e. The van der Waals surface area contributed by atoms with Crippen LogP contribution in [0.5, 0.6) is 5.75 Å².